The minimum Gasteiger partial charge on any atom is -0.285 e. The lowest BCUT2D eigenvalue weighted by atomic mass is 9.79. The Labute approximate surface area is 139 Å². The molecule has 0 aliphatic carbocycles. The molecule has 1 heterocycles. The molecule has 23 heavy (non-hydrogen) atoms. The molecule has 1 aliphatic heterocycles. The van der Waals surface area contributed by atoms with E-state index in [1.807, 2.05) is 0 Å². The van der Waals surface area contributed by atoms with E-state index in [0.29, 0.717) is 12.5 Å². The predicted octanol–water partition coefficient (Wildman–Crippen LogP) is 3.42. The molecule has 126 valence electrons. The zero-order valence-corrected chi connectivity index (χ0v) is 15.1. The van der Waals surface area contributed by atoms with Crippen molar-refractivity contribution in [3.8, 4) is 0 Å². The summed E-state index contributed by atoms with van der Waals surface area (Å²) in [6.45, 7) is 8.81. The number of nitrogens with zero attached hydrogens (tertiary/aromatic N) is 2. The summed E-state index contributed by atoms with van der Waals surface area (Å²) in [7, 11) is 3.15. The van der Waals surface area contributed by atoms with Crippen molar-refractivity contribution in [2.24, 2.45) is 10.4 Å². The van der Waals surface area contributed by atoms with E-state index < -0.39 is 0 Å². The summed E-state index contributed by atoms with van der Waals surface area (Å²) in [5.74, 6) is -0.00414. The summed E-state index contributed by atoms with van der Waals surface area (Å²) in [5.41, 5.74) is 5.07. The van der Waals surface area contributed by atoms with Gasteiger partial charge in [0.05, 0.1) is 13.2 Å². The van der Waals surface area contributed by atoms with Crippen LogP contribution in [0.2, 0.25) is 0 Å². The van der Waals surface area contributed by atoms with Gasteiger partial charge in [-0.1, -0.05) is 39.0 Å². The van der Waals surface area contributed by atoms with Gasteiger partial charge in [-0.3, -0.25) is 14.6 Å². The van der Waals surface area contributed by atoms with Crippen molar-refractivity contribution in [2.45, 2.75) is 53.0 Å². The van der Waals surface area contributed by atoms with Crippen LogP contribution in [0.25, 0.3) is 0 Å². The number of rotatable bonds is 4. The van der Waals surface area contributed by atoms with Crippen LogP contribution in [-0.2, 0) is 22.5 Å². The molecule has 0 bridgehead atoms. The third-order valence-electron chi connectivity index (χ3n) is 4.57. The Balaban J connectivity index is 2.14. The monoisotopic (exact) mass is 316 g/mol. The predicted molar refractivity (Wildman–Crippen MR) is 93.7 cm³/mol. The first-order valence-corrected chi connectivity index (χ1v) is 8.19. The highest BCUT2D eigenvalue weighted by Gasteiger charge is 2.28. The van der Waals surface area contributed by atoms with Crippen molar-refractivity contribution in [2.75, 3.05) is 14.2 Å². The molecule has 0 N–H and O–H groups in total. The molecule has 1 amide bonds. The standard InChI is InChI=1S/C19H28N2O2/c1-13-16-9-7-14(8-10-18(22)21(5)23-6)11-15(16)12-17(20-13)19(2,3)4/h7,9,11,17H,8,10,12H2,1-6H3. The van der Waals surface area contributed by atoms with E-state index in [1.165, 1.54) is 28.9 Å². The largest absolute Gasteiger partial charge is 0.285 e. The first-order valence-electron chi connectivity index (χ1n) is 8.19. The Hall–Kier alpha value is -1.68. The molecule has 1 aromatic carbocycles. The van der Waals surface area contributed by atoms with Crippen molar-refractivity contribution >= 4 is 11.6 Å². The molecule has 1 aliphatic rings. The highest BCUT2D eigenvalue weighted by molar-refractivity contribution is 6.01. The van der Waals surface area contributed by atoms with Crippen LogP contribution >= 0.6 is 0 Å². The lowest BCUT2D eigenvalue weighted by Gasteiger charge is -2.32. The molecular formula is C19H28N2O2. The van der Waals surface area contributed by atoms with Gasteiger partial charge in [0.25, 0.3) is 0 Å². The molecule has 0 fully saturated rings. The van der Waals surface area contributed by atoms with Gasteiger partial charge in [0.2, 0.25) is 5.91 Å². The quantitative estimate of drug-likeness (QED) is 0.799. The third kappa shape index (κ3) is 4.20. The van der Waals surface area contributed by atoms with Crippen molar-refractivity contribution in [1.29, 1.82) is 0 Å². The molecule has 0 aromatic heterocycles. The molecular weight excluding hydrogens is 288 g/mol. The Morgan fingerprint density at radius 1 is 1.39 bits per heavy atom. The van der Waals surface area contributed by atoms with Gasteiger partial charge in [-0.15, -0.1) is 0 Å². The van der Waals surface area contributed by atoms with Crippen LogP contribution in [0.15, 0.2) is 23.2 Å². The van der Waals surface area contributed by atoms with Crippen molar-refractivity contribution < 1.29 is 9.63 Å². The number of carbonyl (C=O) groups is 1. The van der Waals surface area contributed by atoms with Crippen LogP contribution in [0.1, 0.15) is 50.8 Å². The summed E-state index contributed by atoms with van der Waals surface area (Å²) in [6.07, 6.45) is 2.16. The lowest BCUT2D eigenvalue weighted by molar-refractivity contribution is -0.168. The van der Waals surface area contributed by atoms with Gasteiger partial charge in [0.15, 0.2) is 0 Å². The van der Waals surface area contributed by atoms with E-state index >= 15 is 0 Å². The van der Waals surface area contributed by atoms with Crippen LogP contribution in [-0.4, -0.2) is 36.9 Å². The van der Waals surface area contributed by atoms with Crippen LogP contribution in [0.4, 0.5) is 0 Å². The van der Waals surface area contributed by atoms with Gasteiger partial charge in [-0.05, 0) is 41.9 Å². The van der Waals surface area contributed by atoms with Crippen LogP contribution in [0, 0.1) is 5.41 Å². The van der Waals surface area contributed by atoms with Crippen LogP contribution < -0.4 is 0 Å². The summed E-state index contributed by atoms with van der Waals surface area (Å²) in [5, 5.41) is 1.28. The first-order chi connectivity index (χ1) is 10.7. The average molecular weight is 316 g/mol. The molecule has 1 atom stereocenters. The van der Waals surface area contributed by atoms with E-state index in [1.54, 1.807) is 7.05 Å². The number of aryl methyl sites for hydroxylation is 1. The maximum Gasteiger partial charge on any atom is 0.246 e. The summed E-state index contributed by atoms with van der Waals surface area (Å²) in [6, 6.07) is 6.81. The topological polar surface area (TPSA) is 41.9 Å². The third-order valence-corrected chi connectivity index (χ3v) is 4.57. The van der Waals surface area contributed by atoms with Gasteiger partial charge in [0.1, 0.15) is 0 Å². The Morgan fingerprint density at radius 3 is 2.70 bits per heavy atom. The highest BCUT2D eigenvalue weighted by atomic mass is 16.7. The summed E-state index contributed by atoms with van der Waals surface area (Å²) >= 11 is 0. The maximum atomic E-state index is 11.9. The van der Waals surface area contributed by atoms with E-state index in [0.717, 1.165) is 18.6 Å². The van der Waals surface area contributed by atoms with E-state index in [-0.39, 0.29) is 11.3 Å². The zero-order valence-electron chi connectivity index (χ0n) is 15.1. The fraction of sp³-hybridized carbons (Fsp3) is 0.579. The Kier molecular flexibility index (Phi) is 5.25. The number of hydroxylamine groups is 2. The molecule has 1 unspecified atom stereocenters. The number of hydrogen-bond acceptors (Lipinski definition) is 3. The van der Waals surface area contributed by atoms with Gasteiger partial charge in [-0.25, -0.2) is 5.06 Å². The minimum absolute atomic E-state index is 0.00414. The fourth-order valence-corrected chi connectivity index (χ4v) is 2.89. The molecule has 0 spiro atoms. The number of fused-ring (bicyclic) bond motifs is 1. The maximum absolute atomic E-state index is 11.9. The van der Waals surface area contributed by atoms with E-state index in [2.05, 4.69) is 45.9 Å². The van der Waals surface area contributed by atoms with Crippen molar-refractivity contribution in [3.63, 3.8) is 0 Å². The second-order valence-electron chi connectivity index (χ2n) is 7.37. The molecule has 2 rings (SSSR count). The van der Waals surface area contributed by atoms with Gasteiger partial charge in [-0.2, -0.15) is 0 Å². The van der Waals surface area contributed by atoms with Crippen LogP contribution in [0.3, 0.4) is 0 Å². The molecule has 0 saturated carbocycles. The molecule has 0 radical (unpaired) electrons. The number of amides is 1. The summed E-state index contributed by atoms with van der Waals surface area (Å²) in [4.78, 5) is 21.7. The molecule has 1 aromatic rings. The first kappa shape index (κ1) is 17.7. The summed E-state index contributed by atoms with van der Waals surface area (Å²) < 4.78 is 0. The second-order valence-corrected chi connectivity index (χ2v) is 7.37. The normalized spacial score (nSPS) is 17.5. The van der Waals surface area contributed by atoms with E-state index in [4.69, 9.17) is 9.83 Å². The van der Waals surface area contributed by atoms with Gasteiger partial charge < -0.3 is 0 Å². The Bertz CT molecular complexity index is 614. The number of carbonyl (C=O) groups excluding carboxylic acids is 1. The van der Waals surface area contributed by atoms with E-state index in [9.17, 15) is 4.79 Å². The average Bonchev–Trinajstić information content (AvgIpc) is 2.50. The fourth-order valence-electron chi connectivity index (χ4n) is 2.89. The molecule has 4 nitrogen and oxygen atoms in total. The SMILES string of the molecule is CON(C)C(=O)CCc1ccc2c(c1)CC(C(C)(C)C)N=C2C. The number of aliphatic imine (C=N–C) groups is 1. The van der Waals surface area contributed by atoms with Crippen molar-refractivity contribution in [1.82, 2.24) is 5.06 Å². The van der Waals surface area contributed by atoms with Gasteiger partial charge >= 0.3 is 0 Å². The minimum atomic E-state index is -0.00414. The lowest BCUT2D eigenvalue weighted by Crippen LogP contribution is -2.31. The second kappa shape index (κ2) is 6.83. The smallest absolute Gasteiger partial charge is 0.246 e. The number of benzene rings is 1. The van der Waals surface area contributed by atoms with Crippen molar-refractivity contribution in [3.05, 3.63) is 34.9 Å². The molecule has 4 heteroatoms. The molecule has 0 saturated heterocycles. The Morgan fingerprint density at radius 2 is 2.09 bits per heavy atom. The van der Waals surface area contributed by atoms with Gasteiger partial charge in [0, 0.05) is 19.2 Å². The van der Waals surface area contributed by atoms with Crippen LogP contribution in [0.5, 0.6) is 0 Å². The zero-order chi connectivity index (χ0) is 17.2. The highest BCUT2D eigenvalue weighted by Crippen LogP contribution is 2.31. The number of hydrogen-bond donors (Lipinski definition) is 0.